The summed E-state index contributed by atoms with van der Waals surface area (Å²) >= 11 is 0. The van der Waals surface area contributed by atoms with Gasteiger partial charge in [0.1, 0.15) is 5.82 Å². The van der Waals surface area contributed by atoms with Gasteiger partial charge in [0, 0.05) is 63.9 Å². The number of rotatable bonds is 6. The fourth-order valence-electron chi connectivity index (χ4n) is 3.23. The van der Waals surface area contributed by atoms with E-state index in [-0.39, 0.29) is 12.0 Å². The Morgan fingerprint density at radius 3 is 2.52 bits per heavy atom. The van der Waals surface area contributed by atoms with Crippen LogP contribution in [-0.2, 0) is 11.2 Å². The maximum Gasteiger partial charge on any atom is 0.409 e. The van der Waals surface area contributed by atoms with E-state index in [0.29, 0.717) is 44.9 Å². The van der Waals surface area contributed by atoms with E-state index >= 15 is 0 Å². The molecule has 8 nitrogen and oxygen atoms in total. The van der Waals surface area contributed by atoms with Crippen molar-refractivity contribution >= 4 is 17.8 Å². The van der Waals surface area contributed by atoms with Crippen molar-refractivity contribution in [2.24, 2.45) is 0 Å². The number of hydrogen-bond acceptors (Lipinski definition) is 6. The standard InChI is InChI=1S/C21H27N5O3/c1-3-29-21(28)26-14-12-25(13-15-26)19-16-18(6-10-23-19)20(27)24(2)11-7-17-4-8-22-9-5-17/h4-6,8-10,16H,3,7,11-15H2,1-2H3. The van der Waals surface area contributed by atoms with Crippen molar-refractivity contribution in [3.05, 3.63) is 54.0 Å². The van der Waals surface area contributed by atoms with Gasteiger partial charge in [0.25, 0.3) is 5.91 Å². The fraction of sp³-hybridized carbons (Fsp3) is 0.429. The van der Waals surface area contributed by atoms with E-state index in [9.17, 15) is 9.59 Å². The molecule has 0 bridgehead atoms. The first-order chi connectivity index (χ1) is 14.1. The van der Waals surface area contributed by atoms with Crippen LogP contribution in [0.5, 0.6) is 0 Å². The van der Waals surface area contributed by atoms with E-state index in [1.54, 1.807) is 41.4 Å². The van der Waals surface area contributed by atoms with Crippen molar-refractivity contribution < 1.29 is 14.3 Å². The molecular formula is C21H27N5O3. The van der Waals surface area contributed by atoms with Gasteiger partial charge in [-0.3, -0.25) is 9.78 Å². The first kappa shape index (κ1) is 20.6. The van der Waals surface area contributed by atoms with Crippen LogP contribution in [0.3, 0.4) is 0 Å². The summed E-state index contributed by atoms with van der Waals surface area (Å²) < 4.78 is 5.05. The van der Waals surface area contributed by atoms with Crippen molar-refractivity contribution in [2.45, 2.75) is 13.3 Å². The molecule has 0 N–H and O–H groups in total. The highest BCUT2D eigenvalue weighted by Gasteiger charge is 2.23. The Kier molecular flexibility index (Phi) is 6.99. The molecule has 1 aliphatic heterocycles. The molecule has 2 aromatic rings. The first-order valence-electron chi connectivity index (χ1n) is 9.85. The Hall–Kier alpha value is -3.16. The summed E-state index contributed by atoms with van der Waals surface area (Å²) in [6.45, 7) is 5.25. The molecule has 1 aliphatic rings. The average Bonchev–Trinajstić information content (AvgIpc) is 2.78. The number of ether oxygens (including phenoxy) is 1. The van der Waals surface area contributed by atoms with Crippen LogP contribution >= 0.6 is 0 Å². The van der Waals surface area contributed by atoms with Gasteiger partial charge in [-0.2, -0.15) is 0 Å². The largest absolute Gasteiger partial charge is 0.450 e. The molecule has 0 unspecified atom stereocenters. The Morgan fingerprint density at radius 2 is 1.83 bits per heavy atom. The molecule has 2 amide bonds. The molecule has 29 heavy (non-hydrogen) atoms. The van der Waals surface area contributed by atoms with Crippen LogP contribution in [0.2, 0.25) is 0 Å². The molecule has 0 atom stereocenters. The van der Waals surface area contributed by atoms with Gasteiger partial charge < -0.3 is 19.4 Å². The third-order valence-corrected chi connectivity index (χ3v) is 4.95. The molecular weight excluding hydrogens is 370 g/mol. The number of amides is 2. The highest BCUT2D eigenvalue weighted by Crippen LogP contribution is 2.17. The number of anilines is 1. The number of likely N-dealkylation sites (N-methyl/N-ethyl adjacent to an activating group) is 1. The normalized spacial score (nSPS) is 13.9. The van der Waals surface area contributed by atoms with Crippen molar-refractivity contribution in [1.29, 1.82) is 0 Å². The van der Waals surface area contributed by atoms with Crippen LogP contribution in [0.1, 0.15) is 22.8 Å². The number of hydrogen-bond donors (Lipinski definition) is 0. The summed E-state index contributed by atoms with van der Waals surface area (Å²) in [5.41, 5.74) is 1.76. The Labute approximate surface area is 171 Å². The molecule has 2 aromatic heterocycles. The van der Waals surface area contributed by atoms with Crippen LogP contribution in [0.15, 0.2) is 42.9 Å². The van der Waals surface area contributed by atoms with Crippen LogP contribution < -0.4 is 4.90 Å². The lowest BCUT2D eigenvalue weighted by Gasteiger charge is -2.34. The molecule has 0 aliphatic carbocycles. The van der Waals surface area contributed by atoms with Gasteiger partial charge in [-0.05, 0) is 43.2 Å². The molecule has 0 radical (unpaired) electrons. The van der Waals surface area contributed by atoms with Crippen molar-refractivity contribution in [1.82, 2.24) is 19.8 Å². The molecule has 1 saturated heterocycles. The Bertz CT molecular complexity index is 822. The van der Waals surface area contributed by atoms with Crippen LogP contribution in [0, 0.1) is 0 Å². The van der Waals surface area contributed by atoms with E-state index in [0.717, 1.165) is 17.8 Å². The minimum atomic E-state index is -0.278. The second-order valence-electron chi connectivity index (χ2n) is 6.91. The SMILES string of the molecule is CCOC(=O)N1CCN(c2cc(C(=O)N(C)CCc3ccncc3)ccn2)CC1. The zero-order valence-corrected chi connectivity index (χ0v) is 17.0. The molecule has 3 rings (SSSR count). The quantitative estimate of drug-likeness (QED) is 0.743. The summed E-state index contributed by atoms with van der Waals surface area (Å²) in [6, 6.07) is 7.48. The summed E-state index contributed by atoms with van der Waals surface area (Å²) in [5, 5.41) is 0. The molecule has 0 saturated carbocycles. The lowest BCUT2D eigenvalue weighted by atomic mass is 10.1. The summed E-state index contributed by atoms with van der Waals surface area (Å²) in [7, 11) is 1.81. The number of piperazine rings is 1. The second-order valence-corrected chi connectivity index (χ2v) is 6.91. The second kappa shape index (κ2) is 9.86. The number of carbonyl (C=O) groups excluding carboxylic acids is 2. The number of nitrogens with zero attached hydrogens (tertiary/aromatic N) is 5. The Balaban J connectivity index is 1.57. The minimum absolute atomic E-state index is 0.0344. The highest BCUT2D eigenvalue weighted by atomic mass is 16.6. The molecule has 3 heterocycles. The van der Waals surface area contributed by atoms with Crippen LogP contribution in [0.4, 0.5) is 10.6 Å². The summed E-state index contributed by atoms with van der Waals surface area (Å²) in [5.74, 6) is 0.717. The van der Waals surface area contributed by atoms with Gasteiger partial charge in [0.15, 0.2) is 0 Å². The van der Waals surface area contributed by atoms with Gasteiger partial charge >= 0.3 is 6.09 Å². The molecule has 8 heteroatoms. The van der Waals surface area contributed by atoms with Gasteiger partial charge in [-0.25, -0.2) is 9.78 Å². The van der Waals surface area contributed by atoms with Gasteiger partial charge in [-0.15, -0.1) is 0 Å². The van der Waals surface area contributed by atoms with Crippen molar-refractivity contribution in [3.8, 4) is 0 Å². The van der Waals surface area contributed by atoms with E-state index in [1.807, 2.05) is 25.2 Å². The topological polar surface area (TPSA) is 78.9 Å². The summed E-state index contributed by atoms with van der Waals surface area (Å²) in [6.07, 6.45) is 5.68. The smallest absolute Gasteiger partial charge is 0.409 e. The third kappa shape index (κ3) is 5.43. The highest BCUT2D eigenvalue weighted by molar-refractivity contribution is 5.94. The Morgan fingerprint density at radius 1 is 1.10 bits per heavy atom. The van der Waals surface area contributed by atoms with E-state index in [2.05, 4.69) is 14.9 Å². The van der Waals surface area contributed by atoms with Crippen molar-refractivity contribution in [3.63, 3.8) is 0 Å². The number of pyridine rings is 2. The fourth-order valence-corrected chi connectivity index (χ4v) is 3.23. The lowest BCUT2D eigenvalue weighted by molar-refractivity contribution is 0.0796. The maximum atomic E-state index is 12.8. The molecule has 1 fully saturated rings. The van der Waals surface area contributed by atoms with E-state index in [4.69, 9.17) is 4.74 Å². The zero-order valence-electron chi connectivity index (χ0n) is 17.0. The van der Waals surface area contributed by atoms with Crippen LogP contribution in [-0.4, -0.2) is 78.1 Å². The third-order valence-electron chi connectivity index (χ3n) is 4.95. The maximum absolute atomic E-state index is 12.8. The lowest BCUT2D eigenvalue weighted by Crippen LogP contribution is -2.49. The van der Waals surface area contributed by atoms with E-state index < -0.39 is 0 Å². The molecule has 0 spiro atoms. The average molecular weight is 397 g/mol. The predicted molar refractivity (Wildman–Crippen MR) is 110 cm³/mol. The van der Waals surface area contributed by atoms with E-state index in [1.165, 1.54) is 0 Å². The predicted octanol–water partition coefficient (Wildman–Crippen LogP) is 2.07. The number of carbonyl (C=O) groups is 2. The molecule has 0 aromatic carbocycles. The van der Waals surface area contributed by atoms with Gasteiger partial charge in [0.05, 0.1) is 6.61 Å². The molecule has 154 valence electrons. The van der Waals surface area contributed by atoms with Gasteiger partial charge in [-0.1, -0.05) is 0 Å². The first-order valence-corrected chi connectivity index (χ1v) is 9.85. The van der Waals surface area contributed by atoms with Crippen LogP contribution in [0.25, 0.3) is 0 Å². The zero-order chi connectivity index (χ0) is 20.6. The minimum Gasteiger partial charge on any atom is -0.450 e. The summed E-state index contributed by atoms with van der Waals surface area (Å²) in [4.78, 5) is 38.6. The monoisotopic (exact) mass is 397 g/mol. The van der Waals surface area contributed by atoms with Gasteiger partial charge in [0.2, 0.25) is 0 Å². The number of aromatic nitrogens is 2. The van der Waals surface area contributed by atoms with Crippen molar-refractivity contribution in [2.75, 3.05) is 51.3 Å².